The predicted octanol–water partition coefficient (Wildman–Crippen LogP) is -1.68. The number of aliphatic carboxylic acids is 2. The summed E-state index contributed by atoms with van der Waals surface area (Å²) in [5.41, 5.74) is 0. The van der Waals surface area contributed by atoms with Crippen LogP contribution in [0.3, 0.4) is 0 Å². The van der Waals surface area contributed by atoms with Gasteiger partial charge < -0.3 is 36.0 Å². The lowest BCUT2D eigenvalue weighted by Crippen LogP contribution is -2.45. The van der Waals surface area contributed by atoms with E-state index in [0.29, 0.717) is 11.4 Å². The van der Waals surface area contributed by atoms with Gasteiger partial charge in [0, 0.05) is 38.6 Å². The van der Waals surface area contributed by atoms with Crippen LogP contribution in [0.4, 0.5) is 0 Å². The Balaban J connectivity index is 0. The Morgan fingerprint density at radius 2 is 0.951 bits per heavy atom. The first kappa shape index (κ1) is 38.8. The van der Waals surface area contributed by atoms with E-state index in [9.17, 15) is 43.2 Å². The summed E-state index contributed by atoms with van der Waals surface area (Å²) >= 11 is 0. The molecule has 0 aliphatic carbocycles. The Morgan fingerprint density at radius 3 is 1.34 bits per heavy atom. The van der Waals surface area contributed by atoms with Crippen molar-refractivity contribution in [2.75, 3.05) is 45.8 Å². The maximum Gasteiger partial charge on any atom is 0.323 e. The maximum atomic E-state index is 12.4. The van der Waals surface area contributed by atoms with Crippen LogP contribution in [0.2, 0.25) is 0 Å². The molecule has 0 unspecified atom stereocenters. The standard InChI is InChI=1S/C23H35N5O11.C2H6/c1-3-20(34)27(13-22(36)37)11-18(32)26-10-16(30)6-8-21(35)28(14-23(38)39)12-19(33)25-9-15(29)5-7-17(31)24-4-2;1-2/h3-14H2,1-2H3,(H,24,31)(H,25,33)(H,26,32)(H,36,37)(H,38,39);1-2H3. The van der Waals surface area contributed by atoms with E-state index in [1.54, 1.807) is 6.92 Å². The van der Waals surface area contributed by atoms with Crippen molar-refractivity contribution in [1.29, 1.82) is 0 Å². The Kier molecular flexibility index (Phi) is 21.2. The minimum absolute atomic E-state index is 0.0272. The summed E-state index contributed by atoms with van der Waals surface area (Å²) in [6.07, 6.45) is -1.07. The molecule has 0 heterocycles. The summed E-state index contributed by atoms with van der Waals surface area (Å²) < 4.78 is 0. The number of carbonyl (C=O) groups excluding carboxylic acids is 7. The van der Waals surface area contributed by atoms with Gasteiger partial charge in [0.15, 0.2) is 11.6 Å². The van der Waals surface area contributed by atoms with Crippen LogP contribution in [-0.4, -0.2) is 119 Å². The highest BCUT2D eigenvalue weighted by atomic mass is 16.4. The van der Waals surface area contributed by atoms with Gasteiger partial charge in [-0.1, -0.05) is 20.8 Å². The molecule has 0 aromatic rings. The van der Waals surface area contributed by atoms with Crippen LogP contribution in [0.5, 0.6) is 0 Å². The second-order valence-corrected chi connectivity index (χ2v) is 8.22. The van der Waals surface area contributed by atoms with Crippen LogP contribution < -0.4 is 16.0 Å². The van der Waals surface area contributed by atoms with Crippen molar-refractivity contribution in [3.05, 3.63) is 0 Å². The molecule has 0 bridgehead atoms. The summed E-state index contributed by atoms with van der Waals surface area (Å²) in [6.45, 7) is 3.87. The average Bonchev–Trinajstić information content (AvgIpc) is 2.92. The molecular formula is C25H41N5O11. The van der Waals surface area contributed by atoms with Gasteiger partial charge in [0.25, 0.3) is 0 Å². The van der Waals surface area contributed by atoms with E-state index in [1.165, 1.54) is 6.92 Å². The van der Waals surface area contributed by atoms with E-state index in [1.807, 2.05) is 13.8 Å². The molecule has 0 fully saturated rings. The smallest absolute Gasteiger partial charge is 0.323 e. The molecule has 0 aromatic heterocycles. The van der Waals surface area contributed by atoms with E-state index in [2.05, 4.69) is 16.0 Å². The third-order valence-electron chi connectivity index (χ3n) is 4.92. The third kappa shape index (κ3) is 20.2. The molecule has 0 spiro atoms. The van der Waals surface area contributed by atoms with Crippen molar-refractivity contribution in [2.24, 2.45) is 0 Å². The van der Waals surface area contributed by atoms with Gasteiger partial charge in [0.1, 0.15) is 26.2 Å². The number of Topliss-reactive ketones (excluding diaryl/α,β-unsaturated/α-hetero) is 2. The second-order valence-electron chi connectivity index (χ2n) is 8.22. The number of amides is 5. The number of nitrogens with zero attached hydrogens (tertiary/aromatic N) is 2. The topological polar surface area (TPSA) is 237 Å². The van der Waals surface area contributed by atoms with E-state index < -0.39 is 99.2 Å². The highest BCUT2D eigenvalue weighted by Gasteiger charge is 2.22. The normalized spacial score (nSPS) is 9.76. The predicted molar refractivity (Wildman–Crippen MR) is 143 cm³/mol. The molecule has 0 saturated heterocycles. The van der Waals surface area contributed by atoms with Gasteiger partial charge in [0.05, 0.1) is 13.1 Å². The lowest BCUT2D eigenvalue weighted by molar-refractivity contribution is -0.146. The molecule has 0 aliphatic rings. The van der Waals surface area contributed by atoms with Crippen molar-refractivity contribution in [2.45, 2.75) is 59.8 Å². The quantitative estimate of drug-likeness (QED) is 0.108. The summed E-state index contributed by atoms with van der Waals surface area (Å²) in [4.78, 5) is 107. The van der Waals surface area contributed by atoms with E-state index >= 15 is 0 Å². The first-order valence-corrected chi connectivity index (χ1v) is 13.1. The number of carbonyl (C=O) groups is 9. The highest BCUT2D eigenvalue weighted by molar-refractivity contribution is 5.94. The van der Waals surface area contributed by atoms with Crippen molar-refractivity contribution in [3.63, 3.8) is 0 Å². The number of ketones is 2. The van der Waals surface area contributed by atoms with E-state index in [-0.39, 0.29) is 25.2 Å². The van der Waals surface area contributed by atoms with Crippen LogP contribution in [0, 0.1) is 0 Å². The van der Waals surface area contributed by atoms with Crippen LogP contribution in [0.15, 0.2) is 0 Å². The third-order valence-corrected chi connectivity index (χ3v) is 4.92. The highest BCUT2D eigenvalue weighted by Crippen LogP contribution is 2.01. The molecule has 0 atom stereocenters. The molecule has 16 heteroatoms. The fourth-order valence-corrected chi connectivity index (χ4v) is 2.99. The first-order valence-electron chi connectivity index (χ1n) is 13.1. The summed E-state index contributed by atoms with van der Waals surface area (Å²) in [5, 5.41) is 24.9. The van der Waals surface area contributed by atoms with E-state index in [0.717, 1.165) is 4.90 Å². The first-order chi connectivity index (χ1) is 19.3. The monoisotopic (exact) mass is 587 g/mol. The van der Waals surface area contributed by atoms with Gasteiger partial charge in [-0.2, -0.15) is 0 Å². The van der Waals surface area contributed by atoms with Gasteiger partial charge >= 0.3 is 11.9 Å². The molecule has 41 heavy (non-hydrogen) atoms. The summed E-state index contributed by atoms with van der Waals surface area (Å²) in [7, 11) is 0. The lowest BCUT2D eigenvalue weighted by Gasteiger charge is -2.20. The number of hydrogen-bond acceptors (Lipinski definition) is 9. The largest absolute Gasteiger partial charge is 0.480 e. The molecule has 16 nitrogen and oxygen atoms in total. The van der Waals surface area contributed by atoms with Crippen molar-refractivity contribution >= 4 is 53.0 Å². The molecule has 0 radical (unpaired) electrons. The Morgan fingerprint density at radius 1 is 0.537 bits per heavy atom. The summed E-state index contributed by atoms with van der Waals surface area (Å²) in [6, 6.07) is 0. The zero-order valence-electron chi connectivity index (χ0n) is 23.9. The van der Waals surface area contributed by atoms with Crippen molar-refractivity contribution in [1.82, 2.24) is 25.8 Å². The molecule has 0 saturated carbocycles. The van der Waals surface area contributed by atoms with E-state index in [4.69, 9.17) is 10.2 Å². The molecule has 5 amide bonds. The number of carboxylic acids is 2. The van der Waals surface area contributed by atoms with Gasteiger partial charge in [0.2, 0.25) is 29.5 Å². The molecule has 0 rings (SSSR count). The van der Waals surface area contributed by atoms with Gasteiger partial charge in [-0.05, 0) is 6.92 Å². The van der Waals surface area contributed by atoms with Gasteiger partial charge in [-0.15, -0.1) is 0 Å². The Hall–Kier alpha value is -4.37. The zero-order chi connectivity index (χ0) is 32.0. The maximum absolute atomic E-state index is 12.4. The Labute approximate surface area is 238 Å². The molecule has 0 aliphatic heterocycles. The number of hydrogen-bond donors (Lipinski definition) is 5. The fourth-order valence-electron chi connectivity index (χ4n) is 2.99. The van der Waals surface area contributed by atoms with Gasteiger partial charge in [-0.3, -0.25) is 43.2 Å². The minimum atomic E-state index is -1.42. The number of carboxylic acid groups (broad SMARTS) is 2. The molecule has 0 aromatic carbocycles. The minimum Gasteiger partial charge on any atom is -0.480 e. The SMILES string of the molecule is CC.CCNC(=O)CCC(=O)CNC(=O)CN(CC(=O)O)C(=O)CCC(=O)CNC(=O)CN(CC(=O)O)C(=O)CC. The van der Waals surface area contributed by atoms with Gasteiger partial charge in [-0.25, -0.2) is 0 Å². The van der Waals surface area contributed by atoms with Crippen molar-refractivity contribution < 1.29 is 53.4 Å². The van der Waals surface area contributed by atoms with Crippen LogP contribution in [0.25, 0.3) is 0 Å². The number of nitrogens with one attached hydrogen (secondary N) is 3. The molecular weight excluding hydrogens is 546 g/mol. The lowest BCUT2D eigenvalue weighted by atomic mass is 10.2. The second kappa shape index (κ2) is 22.4. The fraction of sp³-hybridized carbons (Fsp3) is 0.640. The Bertz CT molecular complexity index is 952. The summed E-state index contributed by atoms with van der Waals surface area (Å²) in [5.74, 6) is -7.13. The van der Waals surface area contributed by atoms with Crippen molar-refractivity contribution in [3.8, 4) is 0 Å². The molecule has 5 N–H and O–H groups in total. The van der Waals surface area contributed by atoms with Crippen LogP contribution >= 0.6 is 0 Å². The molecule has 232 valence electrons. The van der Waals surface area contributed by atoms with Crippen LogP contribution in [-0.2, 0) is 43.2 Å². The zero-order valence-corrected chi connectivity index (χ0v) is 23.9. The number of rotatable bonds is 20. The average molecular weight is 588 g/mol. The van der Waals surface area contributed by atoms with Crippen LogP contribution in [0.1, 0.15) is 59.8 Å².